The molecule has 4 rings (SSSR count). The number of hydrogen-bond donors (Lipinski definition) is 4. The van der Waals surface area contributed by atoms with Crippen molar-refractivity contribution in [1.82, 2.24) is 25.0 Å². The standard InChI is InChI=1S/C39H62N6O6S/c1-27(2)21-34(46)37(49)33(22-29-11-7-5-8-12-29)45(25-36(48)43(4)15-16-44-17-19-51-20-18-44)38(50)31(23-32-26-52-39(40)42-32)24-35(47)41-28(3)30-13-9-6-10-14-30/h6,9-10,13-14,26-29,31,33-34,37,46,49H,5,7-8,11-12,15-25H2,1-4H3,(H2,40,42)(H,41,47)/t28-,31+,33-,34-,37+/m0/s1. The lowest BCUT2D eigenvalue weighted by Gasteiger charge is -2.41. The Labute approximate surface area is 314 Å². The Bertz CT molecular complexity index is 1380. The van der Waals surface area contributed by atoms with Crippen LogP contribution in [0.2, 0.25) is 0 Å². The minimum absolute atomic E-state index is 0.107. The fourth-order valence-electron chi connectivity index (χ4n) is 7.46. The van der Waals surface area contributed by atoms with Gasteiger partial charge in [-0.1, -0.05) is 76.3 Å². The molecule has 1 aliphatic heterocycles. The first kappa shape index (κ1) is 41.7. The van der Waals surface area contributed by atoms with Crippen LogP contribution in [0.4, 0.5) is 5.13 Å². The van der Waals surface area contributed by atoms with Crippen LogP contribution in [0.3, 0.4) is 0 Å². The first-order valence-electron chi connectivity index (χ1n) is 19.2. The zero-order chi connectivity index (χ0) is 37.6. The third kappa shape index (κ3) is 13.1. The molecule has 1 saturated carbocycles. The SMILES string of the molecule is CC(C)C[C@H](O)[C@H](O)[C@H](CC1CCCCC1)N(CC(=O)N(C)CCN1CCOCC1)C(=O)[C@@H](CC(=O)N[C@@H](C)c1ccccc1)Cc1csc(N)n1. The average Bonchev–Trinajstić information content (AvgIpc) is 3.55. The number of nitrogens with one attached hydrogen (secondary N) is 1. The van der Waals surface area contributed by atoms with Crippen molar-refractivity contribution in [2.75, 3.05) is 58.7 Å². The van der Waals surface area contributed by atoms with Gasteiger partial charge in [-0.2, -0.15) is 0 Å². The molecule has 1 aromatic heterocycles. The number of carbonyl (C=O) groups is 3. The summed E-state index contributed by atoms with van der Waals surface area (Å²) < 4.78 is 5.47. The molecule has 1 aromatic carbocycles. The van der Waals surface area contributed by atoms with Gasteiger partial charge in [-0.05, 0) is 37.2 Å². The highest BCUT2D eigenvalue weighted by Gasteiger charge is 2.40. The monoisotopic (exact) mass is 742 g/mol. The van der Waals surface area contributed by atoms with Crippen LogP contribution in [-0.2, 0) is 25.5 Å². The largest absolute Gasteiger partial charge is 0.390 e. The van der Waals surface area contributed by atoms with E-state index in [1.165, 1.54) is 16.2 Å². The quantitative estimate of drug-likeness (QED) is 0.168. The van der Waals surface area contributed by atoms with Gasteiger partial charge in [0.15, 0.2) is 5.13 Å². The number of nitrogens with two attached hydrogens (primary N) is 1. The van der Waals surface area contributed by atoms with E-state index >= 15 is 4.79 Å². The van der Waals surface area contributed by atoms with Crippen molar-refractivity contribution in [2.45, 2.75) is 103 Å². The molecule has 1 aliphatic carbocycles. The van der Waals surface area contributed by atoms with Crippen molar-refractivity contribution in [2.24, 2.45) is 17.8 Å². The third-order valence-corrected chi connectivity index (χ3v) is 11.3. The number of aliphatic hydroxyl groups excluding tert-OH is 2. The van der Waals surface area contributed by atoms with Crippen molar-refractivity contribution in [3.63, 3.8) is 0 Å². The van der Waals surface area contributed by atoms with E-state index in [0.717, 1.165) is 50.8 Å². The summed E-state index contributed by atoms with van der Waals surface area (Å²) in [6.45, 7) is 9.62. The van der Waals surface area contributed by atoms with Crippen molar-refractivity contribution in [3.05, 3.63) is 47.0 Å². The molecule has 2 fully saturated rings. The lowest BCUT2D eigenvalue weighted by molar-refractivity contribution is -0.151. The molecule has 5 N–H and O–H groups in total. The molecule has 1 saturated heterocycles. The van der Waals surface area contributed by atoms with Crippen LogP contribution < -0.4 is 11.1 Å². The first-order chi connectivity index (χ1) is 24.9. The molecule has 0 unspecified atom stereocenters. The Morgan fingerprint density at radius 1 is 1.08 bits per heavy atom. The van der Waals surface area contributed by atoms with Crippen molar-refractivity contribution < 1.29 is 29.3 Å². The van der Waals surface area contributed by atoms with Crippen LogP contribution in [0.5, 0.6) is 0 Å². The number of benzene rings is 1. The van der Waals surface area contributed by atoms with Gasteiger partial charge in [0.25, 0.3) is 0 Å². The maximum Gasteiger partial charge on any atom is 0.241 e. The van der Waals surface area contributed by atoms with Gasteiger partial charge in [0.05, 0.1) is 43.0 Å². The normalized spacial score (nSPS) is 18.7. The van der Waals surface area contributed by atoms with E-state index in [9.17, 15) is 19.8 Å². The number of rotatable bonds is 19. The number of morpholine rings is 1. The maximum absolute atomic E-state index is 15.0. The van der Waals surface area contributed by atoms with Crippen LogP contribution in [0.1, 0.15) is 89.4 Å². The van der Waals surface area contributed by atoms with Gasteiger partial charge >= 0.3 is 0 Å². The van der Waals surface area contributed by atoms with Crippen LogP contribution in [0.25, 0.3) is 0 Å². The van der Waals surface area contributed by atoms with Crippen LogP contribution in [0, 0.1) is 17.8 Å². The Hall–Kier alpha value is -3.10. The lowest BCUT2D eigenvalue weighted by Crippen LogP contribution is -2.57. The van der Waals surface area contributed by atoms with Gasteiger partial charge in [0, 0.05) is 51.4 Å². The molecule has 2 aliphatic rings. The molecule has 12 nitrogen and oxygen atoms in total. The fourth-order valence-corrected chi connectivity index (χ4v) is 8.04. The van der Waals surface area contributed by atoms with Crippen molar-refractivity contribution in [1.29, 1.82) is 0 Å². The van der Waals surface area contributed by atoms with Gasteiger partial charge in [-0.3, -0.25) is 19.3 Å². The van der Waals surface area contributed by atoms with E-state index in [0.29, 0.717) is 50.0 Å². The first-order valence-corrected chi connectivity index (χ1v) is 20.0. The number of nitrogens with zero attached hydrogens (tertiary/aromatic N) is 4. The summed E-state index contributed by atoms with van der Waals surface area (Å²) in [5.41, 5.74) is 7.50. The number of hydrogen-bond acceptors (Lipinski definition) is 10. The second kappa shape index (κ2) is 21.0. The summed E-state index contributed by atoms with van der Waals surface area (Å²) in [4.78, 5) is 52.6. The molecule has 52 heavy (non-hydrogen) atoms. The number of anilines is 1. The Kier molecular flexibility index (Phi) is 16.8. The fraction of sp³-hybridized carbons (Fsp3) is 0.692. The molecule has 5 atom stereocenters. The zero-order valence-electron chi connectivity index (χ0n) is 31.6. The Morgan fingerprint density at radius 3 is 2.40 bits per heavy atom. The molecule has 0 radical (unpaired) electrons. The minimum atomic E-state index is -1.28. The highest BCUT2D eigenvalue weighted by molar-refractivity contribution is 7.13. The van der Waals surface area contributed by atoms with E-state index in [2.05, 4.69) is 15.2 Å². The highest BCUT2D eigenvalue weighted by Crippen LogP contribution is 2.32. The molecule has 0 bridgehead atoms. The summed E-state index contributed by atoms with van der Waals surface area (Å²) in [5, 5.41) is 28.4. The predicted octanol–water partition coefficient (Wildman–Crippen LogP) is 3.88. The summed E-state index contributed by atoms with van der Waals surface area (Å²) in [6, 6.07) is 8.51. The van der Waals surface area contributed by atoms with Gasteiger partial charge in [0.1, 0.15) is 12.6 Å². The number of nitrogen functional groups attached to an aromatic ring is 1. The van der Waals surface area contributed by atoms with E-state index < -0.39 is 30.1 Å². The van der Waals surface area contributed by atoms with E-state index in [-0.39, 0.29) is 49.1 Å². The number of ether oxygens (including phenoxy) is 1. The number of thiazole rings is 1. The Balaban J connectivity index is 1.65. The van der Waals surface area contributed by atoms with Gasteiger partial charge in [-0.15, -0.1) is 11.3 Å². The van der Waals surface area contributed by atoms with Gasteiger partial charge in [0.2, 0.25) is 17.7 Å². The number of carbonyl (C=O) groups excluding carboxylic acids is 3. The number of likely N-dealkylation sites (N-methyl/N-ethyl adjacent to an activating group) is 1. The molecule has 2 aromatic rings. The Morgan fingerprint density at radius 2 is 1.77 bits per heavy atom. The lowest BCUT2D eigenvalue weighted by atomic mass is 9.81. The van der Waals surface area contributed by atoms with E-state index in [4.69, 9.17) is 10.5 Å². The van der Waals surface area contributed by atoms with Gasteiger partial charge in [-0.25, -0.2) is 4.98 Å². The van der Waals surface area contributed by atoms with Crippen LogP contribution >= 0.6 is 11.3 Å². The third-order valence-electron chi connectivity index (χ3n) is 10.6. The summed E-state index contributed by atoms with van der Waals surface area (Å²) >= 11 is 1.26. The van der Waals surface area contributed by atoms with Crippen molar-refractivity contribution in [3.8, 4) is 0 Å². The topological polar surface area (TPSA) is 162 Å². The molecule has 0 spiro atoms. The molecule has 2 heterocycles. The summed E-state index contributed by atoms with van der Waals surface area (Å²) in [6.07, 6.45) is 3.61. The van der Waals surface area contributed by atoms with Crippen molar-refractivity contribution >= 4 is 34.2 Å². The number of aromatic nitrogens is 1. The smallest absolute Gasteiger partial charge is 0.241 e. The molecule has 13 heteroatoms. The number of aliphatic hydroxyl groups is 2. The second-order valence-corrected chi connectivity index (χ2v) is 16.1. The van der Waals surface area contributed by atoms with Crippen LogP contribution in [0.15, 0.2) is 35.7 Å². The summed E-state index contributed by atoms with van der Waals surface area (Å²) in [5.74, 6) is -1.54. The number of amides is 3. The minimum Gasteiger partial charge on any atom is -0.390 e. The van der Waals surface area contributed by atoms with Crippen LogP contribution in [-0.4, -0.2) is 119 Å². The average molecular weight is 743 g/mol. The highest BCUT2D eigenvalue weighted by atomic mass is 32.1. The summed E-state index contributed by atoms with van der Waals surface area (Å²) in [7, 11) is 1.74. The molecular weight excluding hydrogens is 681 g/mol. The molecule has 290 valence electrons. The molecule has 3 amide bonds. The van der Waals surface area contributed by atoms with E-state index in [1.54, 1.807) is 17.3 Å². The molecular formula is C39H62N6O6S. The maximum atomic E-state index is 15.0. The predicted molar refractivity (Wildman–Crippen MR) is 204 cm³/mol. The van der Waals surface area contributed by atoms with Gasteiger partial charge < -0.3 is 35.8 Å². The van der Waals surface area contributed by atoms with E-state index in [1.807, 2.05) is 51.1 Å². The zero-order valence-corrected chi connectivity index (χ0v) is 32.4. The second-order valence-electron chi connectivity index (χ2n) is 15.2.